The summed E-state index contributed by atoms with van der Waals surface area (Å²) in [6, 6.07) is 7.60. The fourth-order valence-corrected chi connectivity index (χ4v) is 0.921. The number of anilines is 1. The molecule has 68 valence electrons. The molecule has 0 aliphatic rings. The van der Waals surface area contributed by atoms with Gasteiger partial charge in [-0.15, -0.1) is 12.4 Å². The van der Waals surface area contributed by atoms with E-state index in [0.717, 1.165) is 11.4 Å². The van der Waals surface area contributed by atoms with Gasteiger partial charge in [-0.05, 0) is 12.1 Å². The lowest BCUT2D eigenvalue weighted by atomic mass is 10.3. The molecule has 0 bridgehead atoms. The lowest BCUT2D eigenvalue weighted by molar-refractivity contribution is 0.415. The fourth-order valence-electron chi connectivity index (χ4n) is 0.921. The van der Waals surface area contributed by atoms with Gasteiger partial charge in [-0.2, -0.15) is 0 Å². The molecule has 2 N–H and O–H groups in total. The monoisotopic (exact) mass is 188 g/mol. The summed E-state index contributed by atoms with van der Waals surface area (Å²) in [7, 11) is 3.40. The Balaban J connectivity index is 0.00000121. The standard InChI is InChI=1S/C8H12N2O.ClH/c1-10(9)7-5-3-4-6-8(7)11-2;/h3-6H,9H2,1-2H3;1H. The Bertz CT molecular complexity index is 240. The van der Waals surface area contributed by atoms with Crippen LogP contribution in [-0.2, 0) is 0 Å². The maximum atomic E-state index is 5.54. The van der Waals surface area contributed by atoms with Gasteiger partial charge in [-0.3, -0.25) is 0 Å². The molecule has 0 heterocycles. The molecule has 1 rings (SSSR count). The predicted octanol–water partition coefficient (Wildman–Crippen LogP) is 1.43. The summed E-state index contributed by atoms with van der Waals surface area (Å²) in [5.41, 5.74) is 0.884. The number of methoxy groups -OCH3 is 1. The van der Waals surface area contributed by atoms with E-state index in [-0.39, 0.29) is 12.4 Å². The second kappa shape index (κ2) is 4.85. The van der Waals surface area contributed by atoms with E-state index < -0.39 is 0 Å². The lowest BCUT2D eigenvalue weighted by Crippen LogP contribution is -2.25. The van der Waals surface area contributed by atoms with Gasteiger partial charge in [-0.25, -0.2) is 5.84 Å². The molecule has 0 saturated heterocycles. The number of halogens is 1. The summed E-state index contributed by atoms with van der Waals surface area (Å²) < 4.78 is 5.08. The number of hydrazine groups is 1. The van der Waals surface area contributed by atoms with Gasteiger partial charge in [-0.1, -0.05) is 12.1 Å². The van der Waals surface area contributed by atoms with Crippen molar-refractivity contribution in [3.8, 4) is 5.75 Å². The normalized spacial score (nSPS) is 8.58. The molecule has 12 heavy (non-hydrogen) atoms. The highest BCUT2D eigenvalue weighted by atomic mass is 35.5. The van der Waals surface area contributed by atoms with Crippen molar-refractivity contribution in [2.24, 2.45) is 5.84 Å². The van der Waals surface area contributed by atoms with Gasteiger partial charge in [0.1, 0.15) is 5.75 Å². The highest BCUT2D eigenvalue weighted by molar-refractivity contribution is 5.85. The number of para-hydroxylation sites is 2. The Morgan fingerprint density at radius 1 is 1.33 bits per heavy atom. The van der Waals surface area contributed by atoms with Crippen LogP contribution in [0.15, 0.2) is 24.3 Å². The van der Waals surface area contributed by atoms with Crippen LogP contribution in [0.4, 0.5) is 5.69 Å². The van der Waals surface area contributed by atoms with Crippen molar-refractivity contribution >= 4 is 18.1 Å². The number of hydrogen-bond acceptors (Lipinski definition) is 3. The van der Waals surface area contributed by atoms with Crippen LogP contribution in [0.25, 0.3) is 0 Å². The van der Waals surface area contributed by atoms with Crippen molar-refractivity contribution in [1.29, 1.82) is 0 Å². The first-order chi connectivity index (χ1) is 5.25. The largest absolute Gasteiger partial charge is 0.495 e. The van der Waals surface area contributed by atoms with E-state index in [2.05, 4.69) is 0 Å². The van der Waals surface area contributed by atoms with Gasteiger partial charge in [0.25, 0.3) is 0 Å². The van der Waals surface area contributed by atoms with E-state index in [4.69, 9.17) is 10.6 Å². The molecule has 0 radical (unpaired) electrons. The fraction of sp³-hybridized carbons (Fsp3) is 0.250. The number of nitrogens with two attached hydrogens (primary N) is 1. The summed E-state index contributed by atoms with van der Waals surface area (Å²) in [6.45, 7) is 0. The van der Waals surface area contributed by atoms with Crippen molar-refractivity contribution < 1.29 is 4.74 Å². The number of ether oxygens (including phenoxy) is 1. The van der Waals surface area contributed by atoms with Crippen molar-refractivity contribution in [2.75, 3.05) is 19.2 Å². The molecule has 4 heteroatoms. The molecule has 0 aliphatic carbocycles. The average Bonchev–Trinajstić information content (AvgIpc) is 2.04. The first-order valence-corrected chi connectivity index (χ1v) is 3.37. The summed E-state index contributed by atoms with van der Waals surface area (Å²) in [6.07, 6.45) is 0. The molecule has 1 aromatic rings. The van der Waals surface area contributed by atoms with E-state index in [1.807, 2.05) is 24.3 Å². The first kappa shape index (κ1) is 11.1. The van der Waals surface area contributed by atoms with E-state index in [9.17, 15) is 0 Å². The lowest BCUT2D eigenvalue weighted by Gasteiger charge is -2.14. The smallest absolute Gasteiger partial charge is 0.143 e. The third kappa shape index (κ3) is 2.29. The second-order valence-corrected chi connectivity index (χ2v) is 2.28. The first-order valence-electron chi connectivity index (χ1n) is 3.37. The van der Waals surface area contributed by atoms with Crippen molar-refractivity contribution in [2.45, 2.75) is 0 Å². The molecule has 0 atom stereocenters. The van der Waals surface area contributed by atoms with Gasteiger partial charge in [0, 0.05) is 7.05 Å². The maximum absolute atomic E-state index is 5.54. The summed E-state index contributed by atoms with van der Waals surface area (Å²) >= 11 is 0. The van der Waals surface area contributed by atoms with Crippen LogP contribution in [0.3, 0.4) is 0 Å². The molecule has 3 nitrogen and oxygen atoms in total. The van der Waals surface area contributed by atoms with Crippen LogP contribution in [0.5, 0.6) is 5.75 Å². The Kier molecular flexibility index (Phi) is 4.47. The van der Waals surface area contributed by atoms with Gasteiger partial charge < -0.3 is 9.75 Å². The summed E-state index contributed by atoms with van der Waals surface area (Å²) in [5.74, 6) is 6.33. The van der Waals surface area contributed by atoms with Gasteiger partial charge in [0.2, 0.25) is 0 Å². The third-order valence-electron chi connectivity index (χ3n) is 1.47. The van der Waals surface area contributed by atoms with E-state index in [1.54, 1.807) is 14.2 Å². The molecule has 0 aromatic heterocycles. The zero-order valence-electron chi connectivity index (χ0n) is 7.15. The Morgan fingerprint density at radius 2 is 1.92 bits per heavy atom. The summed E-state index contributed by atoms with van der Waals surface area (Å²) in [5, 5.41) is 1.53. The SMILES string of the molecule is COc1ccccc1N(C)N.Cl. The van der Waals surface area contributed by atoms with Crippen LogP contribution in [0.1, 0.15) is 0 Å². The van der Waals surface area contributed by atoms with E-state index in [0.29, 0.717) is 0 Å². The number of hydrogen-bond donors (Lipinski definition) is 1. The number of benzene rings is 1. The Labute approximate surface area is 78.5 Å². The van der Waals surface area contributed by atoms with Crippen LogP contribution in [0.2, 0.25) is 0 Å². The second-order valence-electron chi connectivity index (χ2n) is 2.28. The zero-order valence-corrected chi connectivity index (χ0v) is 7.97. The highest BCUT2D eigenvalue weighted by Crippen LogP contribution is 2.24. The van der Waals surface area contributed by atoms with Crippen LogP contribution in [-0.4, -0.2) is 14.2 Å². The van der Waals surface area contributed by atoms with Gasteiger partial charge in [0.05, 0.1) is 12.8 Å². The molecule has 0 unspecified atom stereocenters. The minimum absolute atomic E-state index is 0. The highest BCUT2D eigenvalue weighted by Gasteiger charge is 2.01. The van der Waals surface area contributed by atoms with Crippen molar-refractivity contribution in [3.05, 3.63) is 24.3 Å². The van der Waals surface area contributed by atoms with E-state index >= 15 is 0 Å². The quantitative estimate of drug-likeness (QED) is 0.564. The third-order valence-corrected chi connectivity index (χ3v) is 1.47. The predicted molar refractivity (Wildman–Crippen MR) is 52.8 cm³/mol. The maximum Gasteiger partial charge on any atom is 0.143 e. The van der Waals surface area contributed by atoms with Gasteiger partial charge >= 0.3 is 0 Å². The van der Waals surface area contributed by atoms with Crippen molar-refractivity contribution in [3.63, 3.8) is 0 Å². The summed E-state index contributed by atoms with van der Waals surface area (Å²) in [4.78, 5) is 0. The molecule has 0 saturated carbocycles. The van der Waals surface area contributed by atoms with Crippen LogP contribution < -0.4 is 15.6 Å². The zero-order chi connectivity index (χ0) is 8.27. The number of rotatable bonds is 2. The van der Waals surface area contributed by atoms with Crippen LogP contribution >= 0.6 is 12.4 Å². The molecule has 0 aliphatic heterocycles. The van der Waals surface area contributed by atoms with Crippen molar-refractivity contribution in [1.82, 2.24) is 0 Å². The Hall–Kier alpha value is -0.930. The average molecular weight is 189 g/mol. The topological polar surface area (TPSA) is 38.5 Å². The molecular weight excluding hydrogens is 176 g/mol. The molecule has 0 amide bonds. The van der Waals surface area contributed by atoms with Crippen LogP contribution in [0, 0.1) is 0 Å². The molecule has 0 spiro atoms. The number of nitrogens with zero attached hydrogens (tertiary/aromatic N) is 1. The minimum atomic E-state index is 0. The minimum Gasteiger partial charge on any atom is -0.495 e. The van der Waals surface area contributed by atoms with Gasteiger partial charge in [0.15, 0.2) is 0 Å². The Morgan fingerprint density at radius 3 is 2.33 bits per heavy atom. The molecule has 1 aromatic carbocycles. The molecule has 0 fully saturated rings. The van der Waals surface area contributed by atoms with E-state index in [1.165, 1.54) is 5.01 Å². The molecular formula is C8H13ClN2O.